The number of hydrogen-bond donors (Lipinski definition) is 1. The van der Waals surface area contributed by atoms with Crippen molar-refractivity contribution in [2.24, 2.45) is 5.92 Å². The van der Waals surface area contributed by atoms with Crippen LogP contribution in [0.25, 0.3) is 0 Å². The molecule has 0 spiro atoms. The highest BCUT2D eigenvalue weighted by Crippen LogP contribution is 2.15. The van der Waals surface area contributed by atoms with Gasteiger partial charge in [-0.1, -0.05) is 20.3 Å². The molecule has 0 saturated carbocycles. The summed E-state index contributed by atoms with van der Waals surface area (Å²) in [6, 6.07) is 0.906. The maximum Gasteiger partial charge on any atom is 0.150 e. The van der Waals surface area contributed by atoms with Gasteiger partial charge in [0.1, 0.15) is 9.84 Å². The van der Waals surface area contributed by atoms with E-state index in [1.165, 1.54) is 12.8 Å². The fourth-order valence-electron chi connectivity index (χ4n) is 2.30. The Kier molecular flexibility index (Phi) is 5.25. The Balaban J connectivity index is 2.28. The zero-order chi connectivity index (χ0) is 12.2. The molecule has 0 aromatic carbocycles. The summed E-state index contributed by atoms with van der Waals surface area (Å²) in [5.74, 6) is 1.47. The lowest BCUT2D eigenvalue weighted by Gasteiger charge is -2.27. The van der Waals surface area contributed by atoms with Gasteiger partial charge < -0.3 is 5.32 Å². The Labute approximate surface area is 99.9 Å². The summed E-state index contributed by atoms with van der Waals surface area (Å²) in [5.41, 5.74) is 0. The van der Waals surface area contributed by atoms with Gasteiger partial charge in [0.2, 0.25) is 0 Å². The first kappa shape index (κ1) is 14.0. The second-order valence-corrected chi connectivity index (χ2v) is 7.55. The molecule has 0 amide bonds. The standard InChI is InChI=1S/C12H25NO2S/c1-4-10(2)9-11(3)13-12-5-7-16(14,15)8-6-12/h10-13H,4-9H2,1-3H3. The van der Waals surface area contributed by atoms with Crippen LogP contribution in [-0.4, -0.2) is 32.0 Å². The summed E-state index contributed by atoms with van der Waals surface area (Å²) < 4.78 is 22.6. The molecule has 16 heavy (non-hydrogen) atoms. The Hall–Kier alpha value is -0.0900. The second-order valence-electron chi connectivity index (χ2n) is 5.24. The molecular weight excluding hydrogens is 222 g/mol. The van der Waals surface area contributed by atoms with E-state index in [2.05, 4.69) is 26.1 Å². The average molecular weight is 247 g/mol. The third-order valence-electron chi connectivity index (χ3n) is 3.53. The third-order valence-corrected chi connectivity index (χ3v) is 5.24. The molecule has 0 bridgehead atoms. The topological polar surface area (TPSA) is 46.2 Å². The van der Waals surface area contributed by atoms with Crippen LogP contribution in [0.2, 0.25) is 0 Å². The number of hydrogen-bond acceptors (Lipinski definition) is 3. The minimum Gasteiger partial charge on any atom is -0.311 e. The van der Waals surface area contributed by atoms with Crippen molar-refractivity contribution in [1.29, 1.82) is 0 Å². The Morgan fingerprint density at radius 3 is 2.31 bits per heavy atom. The maximum absolute atomic E-state index is 11.3. The van der Waals surface area contributed by atoms with E-state index in [4.69, 9.17) is 0 Å². The van der Waals surface area contributed by atoms with Crippen molar-refractivity contribution in [2.75, 3.05) is 11.5 Å². The lowest BCUT2D eigenvalue weighted by Crippen LogP contribution is -2.42. The minimum atomic E-state index is -2.72. The van der Waals surface area contributed by atoms with E-state index in [-0.39, 0.29) is 0 Å². The first-order chi connectivity index (χ1) is 7.43. The monoisotopic (exact) mass is 247 g/mol. The molecule has 0 aromatic heterocycles. The van der Waals surface area contributed by atoms with Gasteiger partial charge in [-0.25, -0.2) is 8.42 Å². The molecular formula is C12H25NO2S. The highest BCUT2D eigenvalue weighted by molar-refractivity contribution is 7.91. The Bertz CT molecular complexity index is 286. The van der Waals surface area contributed by atoms with Gasteiger partial charge in [0, 0.05) is 12.1 Å². The van der Waals surface area contributed by atoms with Crippen LogP contribution in [0, 0.1) is 5.92 Å². The molecule has 1 aliphatic heterocycles. The molecule has 1 saturated heterocycles. The molecule has 2 unspecified atom stereocenters. The van der Waals surface area contributed by atoms with Gasteiger partial charge in [-0.2, -0.15) is 0 Å². The lowest BCUT2D eigenvalue weighted by molar-refractivity contribution is 0.357. The summed E-state index contributed by atoms with van der Waals surface area (Å²) in [6.45, 7) is 6.68. The zero-order valence-electron chi connectivity index (χ0n) is 10.7. The Morgan fingerprint density at radius 2 is 1.81 bits per heavy atom. The molecule has 0 aromatic rings. The van der Waals surface area contributed by atoms with E-state index in [1.54, 1.807) is 0 Å². The van der Waals surface area contributed by atoms with Gasteiger partial charge in [-0.05, 0) is 32.1 Å². The number of sulfone groups is 1. The number of rotatable bonds is 5. The fraction of sp³-hybridized carbons (Fsp3) is 1.00. The molecule has 1 fully saturated rings. The SMILES string of the molecule is CCC(C)CC(C)NC1CCS(=O)(=O)CC1. The van der Waals surface area contributed by atoms with Crippen LogP contribution in [-0.2, 0) is 9.84 Å². The highest BCUT2D eigenvalue weighted by atomic mass is 32.2. The van der Waals surface area contributed by atoms with Gasteiger partial charge in [-0.15, -0.1) is 0 Å². The molecule has 1 N–H and O–H groups in total. The van der Waals surface area contributed by atoms with E-state index in [0.29, 0.717) is 23.6 Å². The molecule has 2 atom stereocenters. The van der Waals surface area contributed by atoms with E-state index in [9.17, 15) is 8.42 Å². The fourth-order valence-corrected chi connectivity index (χ4v) is 3.79. The summed E-state index contributed by atoms with van der Waals surface area (Å²) in [7, 11) is -2.72. The number of nitrogens with one attached hydrogen (secondary N) is 1. The van der Waals surface area contributed by atoms with E-state index in [1.807, 2.05) is 0 Å². The summed E-state index contributed by atoms with van der Waals surface area (Å²) in [6.07, 6.45) is 3.96. The summed E-state index contributed by atoms with van der Waals surface area (Å²) in [4.78, 5) is 0. The molecule has 1 heterocycles. The molecule has 0 aliphatic carbocycles. The predicted molar refractivity (Wildman–Crippen MR) is 68.3 cm³/mol. The smallest absolute Gasteiger partial charge is 0.150 e. The van der Waals surface area contributed by atoms with Crippen molar-refractivity contribution in [2.45, 2.75) is 58.5 Å². The normalized spacial score (nSPS) is 25.2. The van der Waals surface area contributed by atoms with Crippen LogP contribution in [0.15, 0.2) is 0 Å². The van der Waals surface area contributed by atoms with Gasteiger partial charge in [-0.3, -0.25) is 0 Å². The highest BCUT2D eigenvalue weighted by Gasteiger charge is 2.24. The van der Waals surface area contributed by atoms with Crippen molar-refractivity contribution >= 4 is 9.84 Å². The minimum absolute atomic E-state index is 0.362. The molecule has 4 heteroatoms. The molecule has 0 radical (unpaired) electrons. The quantitative estimate of drug-likeness (QED) is 0.808. The lowest BCUT2D eigenvalue weighted by atomic mass is 9.99. The van der Waals surface area contributed by atoms with Crippen molar-refractivity contribution in [3.8, 4) is 0 Å². The van der Waals surface area contributed by atoms with Crippen molar-refractivity contribution in [3.05, 3.63) is 0 Å². The van der Waals surface area contributed by atoms with Crippen molar-refractivity contribution in [3.63, 3.8) is 0 Å². The molecule has 1 aliphatic rings. The van der Waals surface area contributed by atoms with E-state index < -0.39 is 9.84 Å². The van der Waals surface area contributed by atoms with Crippen LogP contribution in [0.3, 0.4) is 0 Å². The van der Waals surface area contributed by atoms with Gasteiger partial charge in [0.25, 0.3) is 0 Å². The summed E-state index contributed by atoms with van der Waals surface area (Å²) >= 11 is 0. The van der Waals surface area contributed by atoms with Crippen LogP contribution in [0.1, 0.15) is 46.5 Å². The molecule has 96 valence electrons. The Morgan fingerprint density at radius 1 is 1.25 bits per heavy atom. The van der Waals surface area contributed by atoms with E-state index in [0.717, 1.165) is 18.8 Å². The summed E-state index contributed by atoms with van der Waals surface area (Å²) in [5, 5.41) is 3.56. The third kappa shape index (κ3) is 4.83. The first-order valence-electron chi connectivity index (χ1n) is 6.39. The maximum atomic E-state index is 11.3. The van der Waals surface area contributed by atoms with Gasteiger partial charge >= 0.3 is 0 Å². The molecule has 3 nitrogen and oxygen atoms in total. The molecule has 1 rings (SSSR count). The van der Waals surface area contributed by atoms with Crippen LogP contribution < -0.4 is 5.32 Å². The van der Waals surface area contributed by atoms with Gasteiger partial charge in [0.05, 0.1) is 11.5 Å². The zero-order valence-corrected chi connectivity index (χ0v) is 11.5. The second kappa shape index (κ2) is 6.01. The van der Waals surface area contributed by atoms with Crippen molar-refractivity contribution in [1.82, 2.24) is 5.32 Å². The predicted octanol–water partition coefficient (Wildman–Crippen LogP) is 1.98. The largest absolute Gasteiger partial charge is 0.311 e. The average Bonchev–Trinajstić information content (AvgIpc) is 2.21. The van der Waals surface area contributed by atoms with Crippen LogP contribution in [0.5, 0.6) is 0 Å². The first-order valence-corrected chi connectivity index (χ1v) is 8.21. The van der Waals surface area contributed by atoms with E-state index >= 15 is 0 Å². The van der Waals surface area contributed by atoms with Crippen molar-refractivity contribution < 1.29 is 8.42 Å². The van der Waals surface area contributed by atoms with Gasteiger partial charge in [0.15, 0.2) is 0 Å². The van der Waals surface area contributed by atoms with Crippen LogP contribution >= 0.6 is 0 Å². The van der Waals surface area contributed by atoms with Crippen LogP contribution in [0.4, 0.5) is 0 Å².